The molecule has 0 fully saturated rings. The summed E-state index contributed by atoms with van der Waals surface area (Å²) in [7, 11) is 1.19. The maximum atomic E-state index is 12.3. The Hall–Kier alpha value is -1.68. The van der Waals surface area contributed by atoms with Gasteiger partial charge in [-0.1, -0.05) is 29.3 Å². The Morgan fingerprint density at radius 3 is 2.65 bits per heavy atom. The van der Waals surface area contributed by atoms with Crippen LogP contribution < -0.4 is 5.32 Å². The van der Waals surface area contributed by atoms with Gasteiger partial charge in [-0.25, -0.2) is 0 Å². The standard InChI is InChI=1S/C15H12Cl2N2O3S/c1-22-15(21)12-11(8-4-3-7(16)5-10(8)17)9(6-18)14(23-2)19-13(12)20/h3-5,11-12H,1-2H3,(H,19,20)/t11-,12+/m0/s1. The van der Waals surface area contributed by atoms with Crippen molar-refractivity contribution in [3.05, 3.63) is 44.4 Å². The number of allylic oxidation sites excluding steroid dienone is 1. The summed E-state index contributed by atoms with van der Waals surface area (Å²) < 4.78 is 4.73. The predicted octanol–water partition coefficient (Wildman–Crippen LogP) is 3.09. The molecule has 0 spiro atoms. The van der Waals surface area contributed by atoms with E-state index in [4.69, 9.17) is 27.9 Å². The van der Waals surface area contributed by atoms with Gasteiger partial charge < -0.3 is 10.1 Å². The van der Waals surface area contributed by atoms with Crippen molar-refractivity contribution in [3.63, 3.8) is 0 Å². The van der Waals surface area contributed by atoms with Gasteiger partial charge in [0, 0.05) is 16.0 Å². The molecule has 1 amide bonds. The number of hydrogen-bond donors (Lipinski definition) is 1. The second-order valence-corrected chi connectivity index (χ2v) is 6.35. The first-order chi connectivity index (χ1) is 10.9. The molecule has 0 aromatic heterocycles. The van der Waals surface area contributed by atoms with Crippen LogP contribution in [0.2, 0.25) is 10.0 Å². The Morgan fingerprint density at radius 2 is 2.13 bits per heavy atom. The summed E-state index contributed by atoms with van der Waals surface area (Å²) in [4.78, 5) is 24.5. The molecule has 23 heavy (non-hydrogen) atoms. The lowest BCUT2D eigenvalue weighted by Gasteiger charge is -2.31. The number of halogens is 2. The molecular weight excluding hydrogens is 359 g/mol. The quantitative estimate of drug-likeness (QED) is 0.653. The first-order valence-electron chi connectivity index (χ1n) is 6.46. The first-order valence-corrected chi connectivity index (χ1v) is 8.44. The zero-order chi connectivity index (χ0) is 17.1. The average Bonchev–Trinajstić information content (AvgIpc) is 2.53. The van der Waals surface area contributed by atoms with Crippen molar-refractivity contribution >= 4 is 46.8 Å². The highest BCUT2D eigenvalue weighted by Crippen LogP contribution is 2.42. The number of nitrogens with one attached hydrogen (secondary N) is 1. The molecule has 2 rings (SSSR count). The van der Waals surface area contributed by atoms with Crippen molar-refractivity contribution in [1.29, 1.82) is 5.26 Å². The summed E-state index contributed by atoms with van der Waals surface area (Å²) in [6, 6.07) is 6.78. The number of carbonyl (C=O) groups is 2. The van der Waals surface area contributed by atoms with Crippen LogP contribution in [0, 0.1) is 17.2 Å². The second kappa shape index (κ2) is 7.26. The average molecular weight is 371 g/mol. The molecule has 8 heteroatoms. The van der Waals surface area contributed by atoms with Crippen molar-refractivity contribution in [2.45, 2.75) is 5.92 Å². The topological polar surface area (TPSA) is 79.2 Å². The van der Waals surface area contributed by atoms with E-state index in [2.05, 4.69) is 11.4 Å². The Balaban J connectivity index is 2.70. The molecule has 1 aliphatic rings. The summed E-state index contributed by atoms with van der Waals surface area (Å²) in [6.07, 6.45) is 1.73. The first kappa shape index (κ1) is 17.7. The number of nitriles is 1. The number of esters is 1. The van der Waals surface area contributed by atoms with Gasteiger partial charge in [-0.15, -0.1) is 11.8 Å². The van der Waals surface area contributed by atoms with Crippen LogP contribution in [0.5, 0.6) is 0 Å². The molecule has 2 atom stereocenters. The van der Waals surface area contributed by atoms with Crippen LogP contribution in [0.15, 0.2) is 28.8 Å². The number of carbonyl (C=O) groups excluding carboxylic acids is 2. The number of benzene rings is 1. The molecule has 1 heterocycles. The van der Waals surface area contributed by atoms with Gasteiger partial charge in [-0.3, -0.25) is 9.59 Å². The van der Waals surface area contributed by atoms with Crippen LogP contribution >= 0.6 is 35.0 Å². The Labute approximate surface area is 147 Å². The van der Waals surface area contributed by atoms with E-state index < -0.39 is 23.7 Å². The van der Waals surface area contributed by atoms with Gasteiger partial charge in [0.15, 0.2) is 0 Å². The number of nitrogens with zero attached hydrogens (tertiary/aromatic N) is 1. The maximum Gasteiger partial charge on any atom is 0.319 e. The minimum Gasteiger partial charge on any atom is -0.468 e. The van der Waals surface area contributed by atoms with Gasteiger partial charge >= 0.3 is 5.97 Å². The van der Waals surface area contributed by atoms with Crippen molar-refractivity contribution in [2.24, 2.45) is 5.92 Å². The van der Waals surface area contributed by atoms with E-state index in [-0.39, 0.29) is 10.6 Å². The molecule has 0 saturated heterocycles. The summed E-state index contributed by atoms with van der Waals surface area (Å²) in [6.45, 7) is 0. The number of rotatable bonds is 3. The largest absolute Gasteiger partial charge is 0.468 e. The monoisotopic (exact) mass is 370 g/mol. The van der Waals surface area contributed by atoms with E-state index >= 15 is 0 Å². The second-order valence-electron chi connectivity index (χ2n) is 4.69. The van der Waals surface area contributed by atoms with Crippen LogP contribution in [0.25, 0.3) is 0 Å². The third-order valence-corrected chi connectivity index (χ3v) is 4.78. The smallest absolute Gasteiger partial charge is 0.319 e. The minimum atomic E-state index is -1.19. The molecule has 0 saturated carbocycles. The molecule has 1 aromatic carbocycles. The van der Waals surface area contributed by atoms with Crippen molar-refractivity contribution < 1.29 is 14.3 Å². The lowest BCUT2D eigenvalue weighted by atomic mass is 9.78. The summed E-state index contributed by atoms with van der Waals surface area (Å²) >= 11 is 13.3. The predicted molar refractivity (Wildman–Crippen MR) is 89.0 cm³/mol. The molecule has 1 N–H and O–H groups in total. The number of methoxy groups -OCH3 is 1. The van der Waals surface area contributed by atoms with E-state index in [9.17, 15) is 14.9 Å². The zero-order valence-electron chi connectivity index (χ0n) is 12.2. The van der Waals surface area contributed by atoms with E-state index in [1.54, 1.807) is 18.4 Å². The number of thioether (sulfide) groups is 1. The fourth-order valence-electron chi connectivity index (χ4n) is 2.46. The molecule has 0 bridgehead atoms. The Kier molecular flexibility index (Phi) is 5.58. The van der Waals surface area contributed by atoms with Crippen LogP contribution in [-0.2, 0) is 14.3 Å². The Morgan fingerprint density at radius 1 is 1.43 bits per heavy atom. The molecule has 0 aliphatic carbocycles. The van der Waals surface area contributed by atoms with Gasteiger partial charge in [0.2, 0.25) is 5.91 Å². The molecule has 1 aromatic rings. The zero-order valence-corrected chi connectivity index (χ0v) is 14.6. The van der Waals surface area contributed by atoms with E-state index in [0.717, 1.165) is 0 Å². The van der Waals surface area contributed by atoms with Crippen LogP contribution in [-0.4, -0.2) is 25.2 Å². The lowest BCUT2D eigenvalue weighted by molar-refractivity contribution is -0.150. The minimum absolute atomic E-state index is 0.261. The van der Waals surface area contributed by atoms with Crippen LogP contribution in [0.1, 0.15) is 11.5 Å². The highest BCUT2D eigenvalue weighted by Gasteiger charge is 2.44. The molecule has 120 valence electrons. The highest BCUT2D eigenvalue weighted by atomic mass is 35.5. The van der Waals surface area contributed by atoms with Crippen molar-refractivity contribution in [3.8, 4) is 6.07 Å². The SMILES string of the molecule is COC(=O)[C@H]1C(=O)NC(SC)=C(C#N)[C@@H]1c1ccc(Cl)cc1Cl. The summed E-state index contributed by atoms with van der Waals surface area (Å²) in [5, 5.41) is 13.2. The molecule has 0 unspecified atom stereocenters. The van der Waals surface area contributed by atoms with Crippen molar-refractivity contribution in [1.82, 2.24) is 5.32 Å². The maximum absolute atomic E-state index is 12.3. The normalized spacial score (nSPS) is 20.7. The van der Waals surface area contributed by atoms with Gasteiger partial charge in [0.25, 0.3) is 0 Å². The summed E-state index contributed by atoms with van der Waals surface area (Å²) in [5.41, 5.74) is 0.737. The van der Waals surface area contributed by atoms with Gasteiger partial charge in [-0.2, -0.15) is 5.26 Å². The molecular formula is C15H12Cl2N2O3S. The molecule has 0 radical (unpaired) electrons. The fraction of sp³-hybridized carbons (Fsp3) is 0.267. The van der Waals surface area contributed by atoms with E-state index in [0.29, 0.717) is 15.6 Å². The van der Waals surface area contributed by atoms with Crippen molar-refractivity contribution in [2.75, 3.05) is 13.4 Å². The number of hydrogen-bond acceptors (Lipinski definition) is 5. The third kappa shape index (κ3) is 3.32. The van der Waals surface area contributed by atoms with E-state index in [1.807, 2.05) is 0 Å². The molecule has 5 nitrogen and oxygen atoms in total. The molecule has 1 aliphatic heterocycles. The van der Waals surface area contributed by atoms with Gasteiger partial charge in [-0.05, 0) is 24.0 Å². The third-order valence-electron chi connectivity index (χ3n) is 3.49. The lowest BCUT2D eigenvalue weighted by Crippen LogP contribution is -2.44. The number of ether oxygens (including phenoxy) is 1. The van der Waals surface area contributed by atoms with Gasteiger partial charge in [0.1, 0.15) is 5.92 Å². The van der Waals surface area contributed by atoms with E-state index in [1.165, 1.54) is 24.9 Å². The summed E-state index contributed by atoms with van der Waals surface area (Å²) in [5.74, 6) is -3.28. The Bertz CT molecular complexity index is 743. The number of amides is 1. The fourth-order valence-corrected chi connectivity index (χ4v) is 3.58. The van der Waals surface area contributed by atoms with Crippen LogP contribution in [0.3, 0.4) is 0 Å². The highest BCUT2D eigenvalue weighted by molar-refractivity contribution is 8.02. The van der Waals surface area contributed by atoms with Gasteiger partial charge in [0.05, 0.1) is 23.8 Å². The van der Waals surface area contributed by atoms with Crippen LogP contribution in [0.4, 0.5) is 0 Å².